The van der Waals surface area contributed by atoms with Crippen molar-refractivity contribution in [2.75, 3.05) is 38.0 Å². The van der Waals surface area contributed by atoms with Crippen LogP contribution < -0.4 is 27.4 Å². The number of carbonyl (C=O) groups excluding carboxylic acids is 1. The van der Waals surface area contributed by atoms with E-state index in [2.05, 4.69) is 20.9 Å². The molecule has 2 aliphatic carbocycles. The van der Waals surface area contributed by atoms with Crippen molar-refractivity contribution in [3.63, 3.8) is 0 Å². The third kappa shape index (κ3) is 6.05. The minimum Gasteiger partial charge on any atom is -0.328 e. The lowest BCUT2D eigenvalue weighted by Crippen LogP contribution is -2.48. The molecule has 1 saturated heterocycles. The Morgan fingerprint density at radius 3 is 2.48 bits per heavy atom. The molecular formula is C22H37N7O2. The largest absolute Gasteiger partial charge is 0.349 e. The highest BCUT2D eigenvalue weighted by molar-refractivity contribution is 5.88. The Balaban J connectivity index is 1.24. The molecule has 0 aromatic carbocycles. The average Bonchev–Trinajstić information content (AvgIpc) is 2.80. The fraction of sp³-hybridized carbons (Fsp3) is 0.773. The van der Waals surface area contributed by atoms with Gasteiger partial charge in [0.25, 0.3) is 0 Å². The summed E-state index contributed by atoms with van der Waals surface area (Å²) in [4.78, 5) is 30.8. The number of nitrogens with zero attached hydrogens (tertiary/aromatic N) is 3. The average molecular weight is 432 g/mol. The molecular weight excluding hydrogens is 394 g/mol. The summed E-state index contributed by atoms with van der Waals surface area (Å²) in [5, 5.41) is 9.72. The van der Waals surface area contributed by atoms with Gasteiger partial charge in [-0.15, -0.1) is 0 Å². The Bertz CT molecular complexity index is 776. The minimum atomic E-state index is -0.279. The quantitative estimate of drug-likeness (QED) is 0.558. The second kappa shape index (κ2) is 10.6. The summed E-state index contributed by atoms with van der Waals surface area (Å²) in [5.41, 5.74) is 5.72. The van der Waals surface area contributed by atoms with Crippen LogP contribution in [-0.4, -0.2) is 65.3 Å². The molecule has 3 fully saturated rings. The van der Waals surface area contributed by atoms with Gasteiger partial charge in [0.15, 0.2) is 0 Å². The fourth-order valence-electron chi connectivity index (χ4n) is 5.10. The second-order valence-electron chi connectivity index (χ2n) is 9.36. The zero-order chi connectivity index (χ0) is 21.6. The molecule has 2 heterocycles. The van der Waals surface area contributed by atoms with Crippen molar-refractivity contribution in [2.24, 2.45) is 11.7 Å². The summed E-state index contributed by atoms with van der Waals surface area (Å²) in [6.45, 7) is 3.96. The molecule has 5 N–H and O–H groups in total. The van der Waals surface area contributed by atoms with Gasteiger partial charge in [0, 0.05) is 50.5 Å². The molecule has 0 atom stereocenters. The molecule has 1 aromatic rings. The zero-order valence-electron chi connectivity index (χ0n) is 18.4. The van der Waals surface area contributed by atoms with E-state index < -0.39 is 0 Å². The summed E-state index contributed by atoms with van der Waals surface area (Å²) in [5.74, 6) is 1.00. The van der Waals surface area contributed by atoms with E-state index in [1.54, 1.807) is 21.7 Å². The van der Waals surface area contributed by atoms with Crippen LogP contribution in [-0.2, 0) is 0 Å². The first-order valence-corrected chi connectivity index (χ1v) is 11.9. The van der Waals surface area contributed by atoms with Crippen LogP contribution in [0.4, 0.5) is 10.6 Å². The van der Waals surface area contributed by atoms with Crippen LogP contribution in [0.25, 0.3) is 0 Å². The number of urea groups is 1. The Kier molecular flexibility index (Phi) is 7.58. The number of hydrogen-bond donors (Lipinski definition) is 4. The van der Waals surface area contributed by atoms with Crippen LogP contribution in [0, 0.1) is 5.92 Å². The third-order valence-electron chi connectivity index (χ3n) is 7.15. The lowest BCUT2D eigenvalue weighted by atomic mass is 9.85. The maximum absolute atomic E-state index is 12.6. The van der Waals surface area contributed by atoms with E-state index in [4.69, 9.17) is 5.73 Å². The van der Waals surface area contributed by atoms with Gasteiger partial charge in [-0.3, -0.25) is 9.88 Å². The number of carbonyl (C=O) groups is 1. The number of rotatable bonds is 5. The SMILES string of the molecule is N[C@H]1CC[C@H](NCC2CCC(n3ccc(NC(=O)N4CCNCC4)nc3=O)CC2)CC1. The molecule has 172 valence electrons. The summed E-state index contributed by atoms with van der Waals surface area (Å²) < 4.78 is 1.74. The smallest absolute Gasteiger partial charge is 0.328 e. The lowest BCUT2D eigenvalue weighted by Gasteiger charge is -2.32. The third-order valence-corrected chi connectivity index (χ3v) is 7.15. The van der Waals surface area contributed by atoms with Crippen molar-refractivity contribution in [1.29, 1.82) is 0 Å². The summed E-state index contributed by atoms with van der Waals surface area (Å²) in [7, 11) is 0. The van der Waals surface area contributed by atoms with Crippen molar-refractivity contribution in [3.8, 4) is 0 Å². The van der Waals surface area contributed by atoms with Crippen LogP contribution >= 0.6 is 0 Å². The van der Waals surface area contributed by atoms with Crippen molar-refractivity contribution < 1.29 is 4.79 Å². The monoisotopic (exact) mass is 431 g/mol. The van der Waals surface area contributed by atoms with Crippen molar-refractivity contribution >= 4 is 11.8 Å². The standard InChI is InChI=1S/C22H37N7O2/c23-17-3-5-18(6-4-17)25-15-16-1-7-19(8-2-16)29-12-9-20(27-22(29)31)26-21(30)28-13-10-24-11-14-28/h9,12,16-19,24-25H,1-8,10-11,13-15,23H2,(H,26,27,30,31)/t16?,17-,18-,19?. The van der Waals surface area contributed by atoms with E-state index >= 15 is 0 Å². The van der Waals surface area contributed by atoms with E-state index in [1.807, 2.05) is 0 Å². The topological polar surface area (TPSA) is 117 Å². The van der Waals surface area contributed by atoms with Crippen molar-refractivity contribution in [3.05, 3.63) is 22.7 Å². The maximum atomic E-state index is 12.6. The number of nitrogens with one attached hydrogen (secondary N) is 3. The molecule has 3 aliphatic rings. The van der Waals surface area contributed by atoms with Gasteiger partial charge in [-0.1, -0.05) is 0 Å². The van der Waals surface area contributed by atoms with E-state index in [0.717, 1.165) is 58.2 Å². The van der Waals surface area contributed by atoms with Crippen LogP contribution in [0.5, 0.6) is 0 Å². The molecule has 4 rings (SSSR count). The minimum absolute atomic E-state index is 0.195. The molecule has 0 unspecified atom stereocenters. The first-order chi connectivity index (χ1) is 15.1. The van der Waals surface area contributed by atoms with Gasteiger partial charge in [-0.25, -0.2) is 9.59 Å². The van der Waals surface area contributed by atoms with Gasteiger partial charge >= 0.3 is 11.7 Å². The molecule has 0 radical (unpaired) electrons. The van der Waals surface area contributed by atoms with Gasteiger partial charge in [-0.2, -0.15) is 4.98 Å². The number of nitrogens with two attached hydrogens (primary N) is 1. The predicted molar refractivity (Wildman–Crippen MR) is 121 cm³/mol. The van der Waals surface area contributed by atoms with E-state index in [-0.39, 0.29) is 17.8 Å². The van der Waals surface area contributed by atoms with Gasteiger partial charge < -0.3 is 21.3 Å². The molecule has 9 heteroatoms. The Hall–Kier alpha value is -1.97. The number of piperazine rings is 1. The summed E-state index contributed by atoms with van der Waals surface area (Å²) in [6.07, 6.45) is 10.7. The maximum Gasteiger partial charge on any atom is 0.349 e. The predicted octanol–water partition coefficient (Wildman–Crippen LogP) is 1.27. The molecule has 2 saturated carbocycles. The van der Waals surface area contributed by atoms with Crippen molar-refractivity contribution in [1.82, 2.24) is 25.1 Å². The van der Waals surface area contributed by atoms with Gasteiger partial charge in [0.2, 0.25) is 0 Å². The van der Waals surface area contributed by atoms with E-state index in [0.29, 0.717) is 36.9 Å². The normalized spacial score (nSPS) is 29.5. The first-order valence-electron chi connectivity index (χ1n) is 11.9. The van der Waals surface area contributed by atoms with Gasteiger partial charge in [0.05, 0.1) is 0 Å². The summed E-state index contributed by atoms with van der Waals surface area (Å²) in [6, 6.07) is 2.75. The molecule has 0 bridgehead atoms. The highest BCUT2D eigenvalue weighted by Gasteiger charge is 2.25. The Morgan fingerprint density at radius 1 is 1.10 bits per heavy atom. The van der Waals surface area contributed by atoms with Gasteiger partial charge in [-0.05, 0) is 69.9 Å². The second-order valence-corrected chi connectivity index (χ2v) is 9.36. The summed E-state index contributed by atoms with van der Waals surface area (Å²) >= 11 is 0. The van der Waals surface area contributed by atoms with Crippen molar-refractivity contribution in [2.45, 2.75) is 69.5 Å². The highest BCUT2D eigenvalue weighted by Crippen LogP contribution is 2.31. The lowest BCUT2D eigenvalue weighted by molar-refractivity contribution is 0.203. The van der Waals surface area contributed by atoms with Crippen LogP contribution in [0.2, 0.25) is 0 Å². The molecule has 2 amide bonds. The highest BCUT2D eigenvalue weighted by atomic mass is 16.2. The van der Waals surface area contributed by atoms with E-state index in [9.17, 15) is 9.59 Å². The molecule has 9 nitrogen and oxygen atoms in total. The molecule has 1 aliphatic heterocycles. The number of hydrogen-bond acceptors (Lipinski definition) is 6. The number of anilines is 1. The molecule has 1 aromatic heterocycles. The number of amides is 2. The van der Waals surface area contributed by atoms with E-state index in [1.165, 1.54) is 12.8 Å². The van der Waals surface area contributed by atoms with Crippen LogP contribution in [0.15, 0.2) is 17.1 Å². The van der Waals surface area contributed by atoms with Crippen LogP contribution in [0.3, 0.4) is 0 Å². The first kappa shape index (κ1) is 22.2. The fourth-order valence-corrected chi connectivity index (χ4v) is 5.10. The van der Waals surface area contributed by atoms with Crippen LogP contribution in [0.1, 0.15) is 57.4 Å². The van der Waals surface area contributed by atoms with Gasteiger partial charge in [0.1, 0.15) is 5.82 Å². The molecule has 31 heavy (non-hydrogen) atoms. The Morgan fingerprint density at radius 2 is 1.81 bits per heavy atom. The molecule has 0 spiro atoms. The number of aromatic nitrogens is 2. The Labute approximate surface area is 184 Å². The zero-order valence-corrected chi connectivity index (χ0v) is 18.4.